The van der Waals surface area contributed by atoms with Crippen LogP contribution in [0.25, 0.3) is 0 Å². The van der Waals surface area contributed by atoms with Crippen molar-refractivity contribution < 1.29 is 14.7 Å². The Morgan fingerprint density at radius 1 is 1.43 bits per heavy atom. The Labute approximate surface area is 125 Å². The van der Waals surface area contributed by atoms with E-state index in [-0.39, 0.29) is 11.8 Å². The molecule has 112 valence electrons. The minimum absolute atomic E-state index is 0.111. The fraction of sp³-hybridized carbons (Fsp3) is 0.412. The molecule has 0 bridgehead atoms. The van der Waals surface area contributed by atoms with Crippen LogP contribution in [0.4, 0.5) is 0 Å². The second kappa shape index (κ2) is 6.12. The number of aliphatic carboxylic acids is 1. The lowest BCUT2D eigenvalue weighted by Crippen LogP contribution is -2.45. The zero-order valence-electron chi connectivity index (χ0n) is 12.5. The van der Waals surface area contributed by atoms with Gasteiger partial charge in [-0.3, -0.25) is 4.79 Å². The quantitative estimate of drug-likeness (QED) is 0.866. The van der Waals surface area contributed by atoms with Gasteiger partial charge in [-0.2, -0.15) is 0 Å². The van der Waals surface area contributed by atoms with Crippen LogP contribution in [0, 0.1) is 5.92 Å². The van der Waals surface area contributed by atoms with Crippen molar-refractivity contribution in [2.75, 3.05) is 6.54 Å². The summed E-state index contributed by atoms with van der Waals surface area (Å²) in [6, 6.07) is 6.58. The van der Waals surface area contributed by atoms with Gasteiger partial charge in [-0.05, 0) is 30.9 Å². The predicted molar refractivity (Wildman–Crippen MR) is 80.8 cm³/mol. The molecule has 1 aromatic carbocycles. The van der Waals surface area contributed by atoms with Gasteiger partial charge < -0.3 is 10.0 Å². The third kappa shape index (κ3) is 3.15. The number of fused-ring (bicyclic) bond motifs is 1. The Kier molecular flexibility index (Phi) is 4.46. The van der Waals surface area contributed by atoms with E-state index in [1.165, 1.54) is 4.90 Å². The molecule has 0 aliphatic carbocycles. The average Bonchev–Trinajstić information content (AvgIpc) is 2.44. The molecule has 1 amide bonds. The fourth-order valence-corrected chi connectivity index (χ4v) is 2.96. The van der Waals surface area contributed by atoms with Crippen molar-refractivity contribution in [1.29, 1.82) is 0 Å². The summed E-state index contributed by atoms with van der Waals surface area (Å²) in [5.41, 5.74) is 2.67. The molecular formula is C17H21NO3. The lowest BCUT2D eigenvalue weighted by molar-refractivity contribution is -0.152. The van der Waals surface area contributed by atoms with Crippen molar-refractivity contribution in [1.82, 2.24) is 4.90 Å². The Balaban J connectivity index is 2.30. The second-order valence-corrected chi connectivity index (χ2v) is 5.78. The summed E-state index contributed by atoms with van der Waals surface area (Å²) < 4.78 is 0. The van der Waals surface area contributed by atoms with Crippen molar-refractivity contribution >= 4 is 11.9 Å². The summed E-state index contributed by atoms with van der Waals surface area (Å²) in [5, 5.41) is 9.56. The number of amides is 1. The Bertz CT molecular complexity index is 579. The Morgan fingerprint density at radius 3 is 2.71 bits per heavy atom. The first-order chi connectivity index (χ1) is 9.91. The van der Waals surface area contributed by atoms with E-state index in [1.807, 2.05) is 32.0 Å². The smallest absolute Gasteiger partial charge is 0.331 e. The molecule has 0 radical (unpaired) electrons. The molecule has 2 rings (SSSR count). The maximum atomic E-state index is 12.6. The molecular weight excluding hydrogens is 266 g/mol. The number of hydrogen-bond acceptors (Lipinski definition) is 2. The van der Waals surface area contributed by atoms with E-state index in [2.05, 4.69) is 6.58 Å². The first-order valence-electron chi connectivity index (χ1n) is 7.17. The van der Waals surface area contributed by atoms with E-state index in [9.17, 15) is 14.7 Å². The summed E-state index contributed by atoms with van der Waals surface area (Å²) >= 11 is 0. The van der Waals surface area contributed by atoms with Gasteiger partial charge in [0.25, 0.3) is 0 Å². The number of allylic oxidation sites excluding steroid dienone is 1. The zero-order valence-corrected chi connectivity index (χ0v) is 12.5. The molecule has 0 aromatic heterocycles. The molecule has 2 atom stereocenters. The number of nitrogens with zero attached hydrogens (tertiary/aromatic N) is 1. The first-order valence-corrected chi connectivity index (χ1v) is 7.17. The van der Waals surface area contributed by atoms with Crippen LogP contribution in [0.3, 0.4) is 0 Å². The van der Waals surface area contributed by atoms with Gasteiger partial charge in [0.2, 0.25) is 5.91 Å². The van der Waals surface area contributed by atoms with Gasteiger partial charge in [-0.25, -0.2) is 4.79 Å². The maximum Gasteiger partial charge on any atom is 0.331 e. The van der Waals surface area contributed by atoms with Crippen molar-refractivity contribution in [3.8, 4) is 0 Å². The normalized spacial score (nSPS) is 18.8. The summed E-state index contributed by atoms with van der Waals surface area (Å²) in [4.78, 5) is 25.7. The highest BCUT2D eigenvalue weighted by Gasteiger charge is 2.37. The van der Waals surface area contributed by atoms with E-state index < -0.39 is 12.0 Å². The maximum absolute atomic E-state index is 12.6. The molecule has 0 saturated heterocycles. The number of rotatable bonds is 4. The van der Waals surface area contributed by atoms with Crippen molar-refractivity contribution in [3.63, 3.8) is 0 Å². The van der Waals surface area contributed by atoms with Gasteiger partial charge in [-0.15, -0.1) is 6.58 Å². The molecule has 4 heteroatoms. The summed E-state index contributed by atoms with van der Waals surface area (Å²) in [5.74, 6) is -1.33. The monoisotopic (exact) mass is 287 g/mol. The third-order valence-electron chi connectivity index (χ3n) is 3.88. The van der Waals surface area contributed by atoms with E-state index in [1.54, 1.807) is 6.07 Å². The zero-order chi connectivity index (χ0) is 15.6. The van der Waals surface area contributed by atoms with Crippen LogP contribution in [-0.2, 0) is 16.0 Å². The summed E-state index contributed by atoms with van der Waals surface area (Å²) in [6.45, 7) is 7.99. The molecule has 0 saturated carbocycles. The van der Waals surface area contributed by atoms with E-state index in [0.717, 1.165) is 16.7 Å². The highest BCUT2D eigenvalue weighted by molar-refractivity contribution is 5.86. The lowest BCUT2D eigenvalue weighted by Gasteiger charge is -2.36. The molecule has 0 spiro atoms. The van der Waals surface area contributed by atoms with Gasteiger partial charge in [0.15, 0.2) is 6.04 Å². The van der Waals surface area contributed by atoms with Crippen LogP contribution in [0.1, 0.15) is 37.4 Å². The summed E-state index contributed by atoms with van der Waals surface area (Å²) in [6.07, 6.45) is 1.29. The van der Waals surface area contributed by atoms with Crippen molar-refractivity contribution in [2.24, 2.45) is 5.92 Å². The van der Waals surface area contributed by atoms with E-state index in [0.29, 0.717) is 19.4 Å². The van der Waals surface area contributed by atoms with Crippen molar-refractivity contribution in [2.45, 2.75) is 32.7 Å². The number of carbonyl (C=O) groups excluding carboxylic acids is 1. The van der Waals surface area contributed by atoms with Crippen LogP contribution in [-0.4, -0.2) is 28.4 Å². The van der Waals surface area contributed by atoms with Gasteiger partial charge in [0, 0.05) is 12.5 Å². The molecule has 1 aliphatic rings. The topological polar surface area (TPSA) is 57.6 Å². The Morgan fingerprint density at radius 2 is 2.10 bits per heavy atom. The largest absolute Gasteiger partial charge is 0.479 e. The van der Waals surface area contributed by atoms with E-state index >= 15 is 0 Å². The van der Waals surface area contributed by atoms with Crippen LogP contribution < -0.4 is 0 Å². The highest BCUT2D eigenvalue weighted by atomic mass is 16.4. The number of carboxylic acid groups (broad SMARTS) is 1. The third-order valence-corrected chi connectivity index (χ3v) is 3.88. The highest BCUT2D eigenvalue weighted by Crippen LogP contribution is 2.31. The molecule has 1 N–H and O–H groups in total. The van der Waals surface area contributed by atoms with Crippen molar-refractivity contribution in [3.05, 3.63) is 47.5 Å². The SMILES string of the molecule is C=C(C)CC(C)C(=O)N1CCc2ccccc2C1C(=O)O. The first kappa shape index (κ1) is 15.3. The minimum Gasteiger partial charge on any atom is -0.479 e. The van der Waals surface area contributed by atoms with Crippen LogP contribution in [0.5, 0.6) is 0 Å². The molecule has 1 aromatic rings. The molecule has 4 nitrogen and oxygen atoms in total. The Hall–Kier alpha value is -2.10. The van der Waals surface area contributed by atoms with Crippen LogP contribution in [0.15, 0.2) is 36.4 Å². The van der Waals surface area contributed by atoms with Crippen LogP contribution in [0.2, 0.25) is 0 Å². The molecule has 1 aliphatic heterocycles. The number of carbonyl (C=O) groups is 2. The van der Waals surface area contributed by atoms with Gasteiger partial charge >= 0.3 is 5.97 Å². The van der Waals surface area contributed by atoms with Gasteiger partial charge in [0.05, 0.1) is 0 Å². The minimum atomic E-state index is -0.974. The van der Waals surface area contributed by atoms with Crippen LogP contribution >= 0.6 is 0 Å². The average molecular weight is 287 g/mol. The fourth-order valence-electron chi connectivity index (χ4n) is 2.96. The second-order valence-electron chi connectivity index (χ2n) is 5.78. The molecule has 21 heavy (non-hydrogen) atoms. The predicted octanol–water partition coefficient (Wildman–Crippen LogP) is 2.80. The summed E-state index contributed by atoms with van der Waals surface area (Å²) in [7, 11) is 0. The van der Waals surface area contributed by atoms with Gasteiger partial charge in [0.1, 0.15) is 0 Å². The number of benzene rings is 1. The standard InChI is InChI=1S/C17H21NO3/c1-11(2)10-12(3)16(19)18-9-8-13-6-4-5-7-14(13)15(18)17(20)21/h4-7,12,15H,1,8-10H2,2-3H3,(H,20,21). The van der Waals surface area contributed by atoms with E-state index in [4.69, 9.17) is 0 Å². The molecule has 2 unspecified atom stereocenters. The molecule has 0 fully saturated rings. The lowest BCUT2D eigenvalue weighted by atomic mass is 9.91. The number of hydrogen-bond donors (Lipinski definition) is 1. The molecule has 1 heterocycles. The van der Waals surface area contributed by atoms with Gasteiger partial charge in [-0.1, -0.05) is 36.8 Å². The number of carboxylic acids is 1.